The van der Waals surface area contributed by atoms with Crippen molar-refractivity contribution in [2.45, 2.75) is 32.4 Å². The average molecular weight is 152 g/mol. The van der Waals surface area contributed by atoms with Gasteiger partial charge in [0.05, 0.1) is 12.2 Å². The third-order valence-electron chi connectivity index (χ3n) is 1.82. The summed E-state index contributed by atoms with van der Waals surface area (Å²) in [6.07, 6.45) is 2.63. The van der Waals surface area contributed by atoms with E-state index in [4.69, 9.17) is 4.52 Å². The highest BCUT2D eigenvalue weighted by molar-refractivity contribution is 5.03. The maximum absolute atomic E-state index is 5.03. The van der Waals surface area contributed by atoms with Crippen molar-refractivity contribution in [1.82, 2.24) is 10.5 Å². The molecular formula is C8H12N2O. The fourth-order valence-corrected chi connectivity index (χ4v) is 1.03. The number of hydrogen-bond acceptors (Lipinski definition) is 3. The molecule has 1 N–H and O–H groups in total. The minimum Gasteiger partial charge on any atom is -0.360 e. The molecule has 1 aromatic heterocycles. The molecule has 0 aromatic carbocycles. The summed E-state index contributed by atoms with van der Waals surface area (Å²) >= 11 is 0. The van der Waals surface area contributed by atoms with Crippen LogP contribution in [0.2, 0.25) is 0 Å². The van der Waals surface area contributed by atoms with Gasteiger partial charge in [-0.1, -0.05) is 5.16 Å². The van der Waals surface area contributed by atoms with Gasteiger partial charge in [-0.3, -0.25) is 0 Å². The Labute approximate surface area is 65.8 Å². The normalized spacial score (nSPS) is 17.2. The molecule has 2 rings (SSSR count). The number of nitrogens with one attached hydrogen (secondary N) is 1. The number of aromatic nitrogens is 1. The maximum Gasteiger partial charge on any atom is 0.150 e. The number of aryl methyl sites for hydroxylation is 1. The van der Waals surface area contributed by atoms with Crippen LogP contribution in [0.1, 0.15) is 24.3 Å². The SMILES string of the molecule is Cc1cc(CNC2CC2)on1. The highest BCUT2D eigenvalue weighted by Crippen LogP contribution is 2.19. The molecule has 0 radical (unpaired) electrons. The van der Waals surface area contributed by atoms with E-state index >= 15 is 0 Å². The molecular weight excluding hydrogens is 140 g/mol. The molecule has 11 heavy (non-hydrogen) atoms. The number of nitrogens with zero attached hydrogens (tertiary/aromatic N) is 1. The summed E-state index contributed by atoms with van der Waals surface area (Å²) in [7, 11) is 0. The fourth-order valence-electron chi connectivity index (χ4n) is 1.03. The molecule has 1 aromatic rings. The first-order valence-electron chi connectivity index (χ1n) is 4.00. The first kappa shape index (κ1) is 6.85. The minimum atomic E-state index is 0.736. The highest BCUT2D eigenvalue weighted by Gasteiger charge is 2.20. The van der Waals surface area contributed by atoms with Gasteiger partial charge in [0.2, 0.25) is 0 Å². The van der Waals surface area contributed by atoms with E-state index in [1.165, 1.54) is 12.8 Å². The smallest absolute Gasteiger partial charge is 0.150 e. The fraction of sp³-hybridized carbons (Fsp3) is 0.625. The molecule has 1 heterocycles. The van der Waals surface area contributed by atoms with Crippen LogP contribution in [0.25, 0.3) is 0 Å². The van der Waals surface area contributed by atoms with Gasteiger partial charge in [-0.15, -0.1) is 0 Å². The molecule has 60 valence electrons. The lowest BCUT2D eigenvalue weighted by Gasteiger charge is -1.95. The maximum atomic E-state index is 5.03. The van der Waals surface area contributed by atoms with Crippen molar-refractivity contribution in [1.29, 1.82) is 0 Å². The molecule has 0 atom stereocenters. The molecule has 0 amide bonds. The van der Waals surface area contributed by atoms with E-state index in [0.29, 0.717) is 0 Å². The Kier molecular flexibility index (Phi) is 1.66. The van der Waals surface area contributed by atoms with Crippen molar-refractivity contribution >= 4 is 0 Å². The van der Waals surface area contributed by atoms with Crippen molar-refractivity contribution in [3.05, 3.63) is 17.5 Å². The van der Waals surface area contributed by atoms with Crippen molar-refractivity contribution in [2.24, 2.45) is 0 Å². The van der Waals surface area contributed by atoms with Gasteiger partial charge in [0.1, 0.15) is 0 Å². The summed E-state index contributed by atoms with van der Waals surface area (Å²) in [6, 6.07) is 2.70. The molecule has 0 bridgehead atoms. The van der Waals surface area contributed by atoms with E-state index in [0.717, 1.165) is 24.0 Å². The molecule has 0 saturated heterocycles. The van der Waals surface area contributed by atoms with Gasteiger partial charge >= 0.3 is 0 Å². The van der Waals surface area contributed by atoms with E-state index in [-0.39, 0.29) is 0 Å². The second-order valence-corrected chi connectivity index (χ2v) is 3.09. The van der Waals surface area contributed by atoms with Crippen molar-refractivity contribution in [3.8, 4) is 0 Å². The third-order valence-corrected chi connectivity index (χ3v) is 1.82. The lowest BCUT2D eigenvalue weighted by molar-refractivity contribution is 0.369. The summed E-state index contributed by atoms with van der Waals surface area (Å²) < 4.78 is 5.03. The zero-order valence-corrected chi connectivity index (χ0v) is 6.63. The van der Waals surface area contributed by atoms with Crippen LogP contribution in [-0.2, 0) is 6.54 Å². The predicted octanol–water partition coefficient (Wildman–Crippen LogP) is 1.24. The highest BCUT2D eigenvalue weighted by atomic mass is 16.5. The first-order valence-corrected chi connectivity index (χ1v) is 4.00. The van der Waals surface area contributed by atoms with E-state index in [1.54, 1.807) is 0 Å². The Hall–Kier alpha value is -0.830. The zero-order chi connectivity index (χ0) is 7.68. The average Bonchev–Trinajstić information content (AvgIpc) is 2.72. The molecule has 3 heteroatoms. The van der Waals surface area contributed by atoms with E-state index in [2.05, 4.69) is 10.5 Å². The Balaban J connectivity index is 1.85. The standard InChI is InChI=1S/C8H12N2O/c1-6-4-8(11-10-6)5-9-7-2-3-7/h4,7,9H,2-3,5H2,1H3. The molecule has 1 saturated carbocycles. The monoisotopic (exact) mass is 152 g/mol. The number of rotatable bonds is 3. The summed E-state index contributed by atoms with van der Waals surface area (Å²) in [5.41, 5.74) is 0.956. The summed E-state index contributed by atoms with van der Waals surface area (Å²) in [5, 5.41) is 7.15. The van der Waals surface area contributed by atoms with Gasteiger partial charge in [0, 0.05) is 12.1 Å². The number of hydrogen-bond donors (Lipinski definition) is 1. The Bertz CT molecular complexity index is 240. The minimum absolute atomic E-state index is 0.736. The van der Waals surface area contributed by atoms with Gasteiger partial charge in [-0.2, -0.15) is 0 Å². The van der Waals surface area contributed by atoms with Crippen LogP contribution in [0, 0.1) is 6.92 Å². The largest absolute Gasteiger partial charge is 0.360 e. The first-order chi connectivity index (χ1) is 5.34. The summed E-state index contributed by atoms with van der Waals surface area (Å²) in [6.45, 7) is 2.76. The Morgan fingerprint density at radius 3 is 3.09 bits per heavy atom. The van der Waals surface area contributed by atoms with Crippen LogP contribution in [0.5, 0.6) is 0 Å². The van der Waals surface area contributed by atoms with Crippen molar-refractivity contribution in [3.63, 3.8) is 0 Å². The quantitative estimate of drug-likeness (QED) is 0.708. The third kappa shape index (κ3) is 1.80. The van der Waals surface area contributed by atoms with Crippen molar-refractivity contribution < 1.29 is 4.52 Å². The van der Waals surface area contributed by atoms with Crippen LogP contribution in [0.15, 0.2) is 10.6 Å². The van der Waals surface area contributed by atoms with Gasteiger partial charge in [0.15, 0.2) is 5.76 Å². The summed E-state index contributed by atoms with van der Waals surface area (Å²) in [4.78, 5) is 0. The van der Waals surface area contributed by atoms with Crippen LogP contribution in [0.3, 0.4) is 0 Å². The second-order valence-electron chi connectivity index (χ2n) is 3.09. The Morgan fingerprint density at radius 2 is 2.55 bits per heavy atom. The molecule has 3 nitrogen and oxygen atoms in total. The van der Waals surface area contributed by atoms with Crippen LogP contribution in [0.4, 0.5) is 0 Å². The Morgan fingerprint density at radius 1 is 1.73 bits per heavy atom. The molecule has 0 spiro atoms. The van der Waals surface area contributed by atoms with Gasteiger partial charge < -0.3 is 9.84 Å². The zero-order valence-electron chi connectivity index (χ0n) is 6.63. The predicted molar refractivity (Wildman–Crippen MR) is 41.1 cm³/mol. The van der Waals surface area contributed by atoms with Gasteiger partial charge in [-0.25, -0.2) is 0 Å². The topological polar surface area (TPSA) is 38.1 Å². The van der Waals surface area contributed by atoms with Crippen molar-refractivity contribution in [2.75, 3.05) is 0 Å². The van der Waals surface area contributed by atoms with E-state index < -0.39 is 0 Å². The second kappa shape index (κ2) is 2.66. The van der Waals surface area contributed by atoms with E-state index in [1.807, 2.05) is 13.0 Å². The molecule has 1 fully saturated rings. The molecule has 1 aliphatic rings. The van der Waals surface area contributed by atoms with Crippen LogP contribution >= 0.6 is 0 Å². The van der Waals surface area contributed by atoms with Crippen LogP contribution < -0.4 is 5.32 Å². The van der Waals surface area contributed by atoms with Gasteiger partial charge in [0.25, 0.3) is 0 Å². The van der Waals surface area contributed by atoms with Gasteiger partial charge in [-0.05, 0) is 19.8 Å². The summed E-state index contributed by atoms with van der Waals surface area (Å²) in [5.74, 6) is 0.939. The lowest BCUT2D eigenvalue weighted by Crippen LogP contribution is -2.14. The molecule has 0 unspecified atom stereocenters. The van der Waals surface area contributed by atoms with Crippen LogP contribution in [-0.4, -0.2) is 11.2 Å². The molecule has 1 aliphatic carbocycles. The lowest BCUT2D eigenvalue weighted by atomic mass is 10.4. The molecule has 0 aliphatic heterocycles. The van der Waals surface area contributed by atoms with E-state index in [9.17, 15) is 0 Å².